The summed E-state index contributed by atoms with van der Waals surface area (Å²) in [6.45, 7) is 0.636. The highest BCUT2D eigenvalue weighted by Gasteiger charge is 2.33. The van der Waals surface area contributed by atoms with E-state index in [2.05, 4.69) is 0 Å². The van der Waals surface area contributed by atoms with Crippen LogP contribution in [0.25, 0.3) is 0 Å². The van der Waals surface area contributed by atoms with Gasteiger partial charge in [0.25, 0.3) is 5.91 Å². The maximum atomic E-state index is 13.4. The standard InChI is InChI=1S/C25H27NO5S/c1-28-20-8-7-16(13-21(20)29-2)12-19-18-15-23(31-4)22(30-3)14-17(18)9-10-26(19)25(27)24-6-5-11-32-24/h5-8,11,13-15,19H,9-10,12H2,1-4H3. The number of methoxy groups -OCH3 is 4. The zero-order valence-electron chi connectivity index (χ0n) is 18.7. The number of hydrogen-bond acceptors (Lipinski definition) is 6. The molecule has 1 unspecified atom stereocenters. The number of benzene rings is 2. The molecule has 2 heterocycles. The molecule has 0 bridgehead atoms. The van der Waals surface area contributed by atoms with Crippen LogP contribution in [0.1, 0.15) is 32.4 Å². The fourth-order valence-electron chi connectivity index (χ4n) is 4.26. The smallest absolute Gasteiger partial charge is 0.264 e. The van der Waals surface area contributed by atoms with Crippen LogP contribution in [0.15, 0.2) is 47.8 Å². The Labute approximate surface area is 192 Å². The molecule has 2 aromatic carbocycles. The molecule has 1 aliphatic rings. The van der Waals surface area contributed by atoms with Gasteiger partial charge in [-0.05, 0) is 65.2 Å². The predicted molar refractivity (Wildman–Crippen MR) is 125 cm³/mol. The Morgan fingerprint density at radius 3 is 2.28 bits per heavy atom. The molecular weight excluding hydrogens is 426 g/mol. The van der Waals surface area contributed by atoms with E-state index in [0.717, 1.165) is 22.4 Å². The van der Waals surface area contributed by atoms with Crippen molar-refractivity contribution in [2.24, 2.45) is 0 Å². The number of carbonyl (C=O) groups is 1. The lowest BCUT2D eigenvalue weighted by Gasteiger charge is -2.38. The lowest BCUT2D eigenvalue weighted by Crippen LogP contribution is -2.40. The maximum Gasteiger partial charge on any atom is 0.264 e. The minimum atomic E-state index is -0.147. The van der Waals surface area contributed by atoms with Crippen molar-refractivity contribution < 1.29 is 23.7 Å². The van der Waals surface area contributed by atoms with E-state index in [4.69, 9.17) is 18.9 Å². The lowest BCUT2D eigenvalue weighted by atomic mass is 9.88. The highest BCUT2D eigenvalue weighted by atomic mass is 32.1. The molecule has 0 spiro atoms. The second-order valence-corrected chi connectivity index (χ2v) is 8.49. The van der Waals surface area contributed by atoms with E-state index in [1.54, 1.807) is 28.4 Å². The van der Waals surface area contributed by atoms with Gasteiger partial charge in [0.1, 0.15) is 0 Å². The summed E-state index contributed by atoms with van der Waals surface area (Å²) in [6, 6.07) is 13.6. The number of amides is 1. The normalized spacial score (nSPS) is 15.1. The molecular formula is C25H27NO5S. The third-order valence-corrected chi connectivity index (χ3v) is 6.73. The molecule has 1 aliphatic heterocycles. The van der Waals surface area contributed by atoms with Gasteiger partial charge in [0.05, 0.1) is 39.4 Å². The molecule has 168 valence electrons. The van der Waals surface area contributed by atoms with Gasteiger partial charge in [-0.3, -0.25) is 4.79 Å². The van der Waals surface area contributed by atoms with E-state index in [-0.39, 0.29) is 11.9 Å². The van der Waals surface area contributed by atoms with Gasteiger partial charge in [-0.2, -0.15) is 0 Å². The van der Waals surface area contributed by atoms with E-state index in [9.17, 15) is 4.79 Å². The van der Waals surface area contributed by atoms with Crippen molar-refractivity contribution in [1.29, 1.82) is 0 Å². The van der Waals surface area contributed by atoms with Gasteiger partial charge in [0.15, 0.2) is 23.0 Å². The van der Waals surface area contributed by atoms with Gasteiger partial charge in [0, 0.05) is 6.54 Å². The summed E-state index contributed by atoms with van der Waals surface area (Å²) in [6.07, 6.45) is 1.40. The summed E-state index contributed by atoms with van der Waals surface area (Å²) in [4.78, 5) is 16.1. The fraction of sp³-hybridized carbons (Fsp3) is 0.320. The average Bonchev–Trinajstić information content (AvgIpc) is 3.37. The van der Waals surface area contributed by atoms with Gasteiger partial charge >= 0.3 is 0 Å². The zero-order chi connectivity index (χ0) is 22.7. The number of ether oxygens (including phenoxy) is 4. The van der Waals surface area contributed by atoms with E-state index < -0.39 is 0 Å². The Morgan fingerprint density at radius 1 is 0.938 bits per heavy atom. The molecule has 4 rings (SSSR count). The number of thiophene rings is 1. The summed E-state index contributed by atoms with van der Waals surface area (Å²) in [5.41, 5.74) is 3.30. The molecule has 6 nitrogen and oxygen atoms in total. The molecule has 0 radical (unpaired) electrons. The molecule has 1 aromatic heterocycles. The first-order valence-corrected chi connectivity index (χ1v) is 11.3. The average molecular weight is 454 g/mol. The molecule has 1 amide bonds. The van der Waals surface area contributed by atoms with Gasteiger partial charge in [-0.1, -0.05) is 12.1 Å². The van der Waals surface area contributed by atoms with Crippen molar-refractivity contribution >= 4 is 17.2 Å². The van der Waals surface area contributed by atoms with E-state index >= 15 is 0 Å². The zero-order valence-corrected chi connectivity index (χ0v) is 19.5. The summed E-state index contributed by atoms with van der Waals surface area (Å²) < 4.78 is 22.0. The van der Waals surface area contributed by atoms with Crippen LogP contribution in [-0.2, 0) is 12.8 Å². The second-order valence-electron chi connectivity index (χ2n) is 7.54. The van der Waals surface area contributed by atoms with Crippen LogP contribution in [-0.4, -0.2) is 45.8 Å². The molecule has 0 fully saturated rings. The van der Waals surface area contributed by atoms with Crippen LogP contribution in [0.3, 0.4) is 0 Å². The third-order valence-electron chi connectivity index (χ3n) is 5.87. The topological polar surface area (TPSA) is 57.2 Å². The molecule has 7 heteroatoms. The first kappa shape index (κ1) is 22.0. The first-order valence-electron chi connectivity index (χ1n) is 10.4. The first-order chi connectivity index (χ1) is 15.6. The molecule has 0 saturated carbocycles. The number of fused-ring (bicyclic) bond motifs is 1. The van der Waals surface area contributed by atoms with Gasteiger partial charge in [-0.15, -0.1) is 11.3 Å². The highest BCUT2D eigenvalue weighted by Crippen LogP contribution is 2.41. The molecule has 32 heavy (non-hydrogen) atoms. The largest absolute Gasteiger partial charge is 0.493 e. The van der Waals surface area contributed by atoms with E-state index in [1.165, 1.54) is 16.9 Å². The minimum Gasteiger partial charge on any atom is -0.493 e. The number of rotatable bonds is 7. The Bertz CT molecular complexity index is 1100. The van der Waals surface area contributed by atoms with Crippen LogP contribution in [0.5, 0.6) is 23.0 Å². The molecule has 3 aromatic rings. The van der Waals surface area contributed by atoms with Crippen LogP contribution in [0.2, 0.25) is 0 Å². The third kappa shape index (κ3) is 4.12. The van der Waals surface area contributed by atoms with Gasteiger partial charge < -0.3 is 23.8 Å². The molecule has 0 N–H and O–H groups in total. The summed E-state index contributed by atoms with van der Waals surface area (Å²) in [5, 5.41) is 1.93. The fourth-order valence-corrected chi connectivity index (χ4v) is 4.94. The quantitative estimate of drug-likeness (QED) is 0.516. The predicted octanol–water partition coefficient (Wildman–Crippen LogP) is 4.76. The second kappa shape index (κ2) is 9.53. The van der Waals surface area contributed by atoms with Crippen molar-refractivity contribution in [2.45, 2.75) is 18.9 Å². The maximum absolute atomic E-state index is 13.4. The summed E-state index contributed by atoms with van der Waals surface area (Å²) >= 11 is 1.47. The molecule has 0 aliphatic carbocycles. The van der Waals surface area contributed by atoms with E-state index in [1.807, 2.05) is 52.7 Å². The monoisotopic (exact) mass is 453 g/mol. The van der Waals surface area contributed by atoms with Crippen molar-refractivity contribution in [3.63, 3.8) is 0 Å². The number of hydrogen-bond donors (Lipinski definition) is 0. The van der Waals surface area contributed by atoms with Gasteiger partial charge in [0.2, 0.25) is 0 Å². The Hall–Kier alpha value is -3.19. The van der Waals surface area contributed by atoms with Crippen molar-refractivity contribution in [2.75, 3.05) is 35.0 Å². The number of nitrogens with zero attached hydrogens (tertiary/aromatic N) is 1. The molecule has 1 atom stereocenters. The molecule has 0 saturated heterocycles. The summed E-state index contributed by atoms with van der Waals surface area (Å²) in [7, 11) is 6.52. The Balaban J connectivity index is 1.77. The Kier molecular flexibility index (Phi) is 6.55. The number of carbonyl (C=O) groups excluding carboxylic acids is 1. The van der Waals surface area contributed by atoms with Crippen molar-refractivity contribution in [1.82, 2.24) is 4.90 Å². The minimum absolute atomic E-state index is 0.0471. The lowest BCUT2D eigenvalue weighted by molar-refractivity contribution is 0.0664. The van der Waals surface area contributed by atoms with Crippen LogP contribution < -0.4 is 18.9 Å². The van der Waals surface area contributed by atoms with Crippen LogP contribution in [0.4, 0.5) is 0 Å². The van der Waals surface area contributed by atoms with Crippen LogP contribution >= 0.6 is 11.3 Å². The SMILES string of the molecule is COc1ccc(CC2c3cc(OC)c(OC)cc3CCN2C(=O)c2cccs2)cc1OC. The van der Waals surface area contributed by atoms with Crippen LogP contribution in [0, 0.1) is 0 Å². The van der Waals surface area contributed by atoms with Crippen molar-refractivity contribution in [3.8, 4) is 23.0 Å². The highest BCUT2D eigenvalue weighted by molar-refractivity contribution is 7.12. The van der Waals surface area contributed by atoms with Crippen molar-refractivity contribution in [3.05, 3.63) is 69.4 Å². The van der Waals surface area contributed by atoms with E-state index in [0.29, 0.717) is 36.0 Å². The Morgan fingerprint density at radius 2 is 1.62 bits per heavy atom. The summed E-state index contributed by atoms with van der Waals surface area (Å²) in [5.74, 6) is 2.76. The van der Waals surface area contributed by atoms with Gasteiger partial charge in [-0.25, -0.2) is 0 Å².